The van der Waals surface area contributed by atoms with Crippen molar-refractivity contribution in [2.45, 2.75) is 46.1 Å². The van der Waals surface area contributed by atoms with Gasteiger partial charge in [0.15, 0.2) is 0 Å². The van der Waals surface area contributed by atoms with E-state index in [1.54, 1.807) is 0 Å². The SMILES string of the molecule is CCC(=S)C(C)c1cccc2c1c1ccccc1n2C1C=C(n2c3ccccc3c3ccccc32)C=C(c2ccc3oc4ccc(-c5ccc(C)c6c5c5ccccc5c5nccn56)cc4c3c2)C1C. The van der Waals surface area contributed by atoms with Crippen molar-refractivity contribution in [2.75, 3.05) is 0 Å². The lowest BCUT2D eigenvalue weighted by Crippen LogP contribution is -2.21. The van der Waals surface area contributed by atoms with Gasteiger partial charge < -0.3 is 13.6 Å². The topological polar surface area (TPSA) is 40.3 Å². The summed E-state index contributed by atoms with van der Waals surface area (Å²) in [6.07, 6.45) is 9.85. The molecule has 14 rings (SSSR count). The zero-order valence-electron chi connectivity index (χ0n) is 39.4. The Morgan fingerprint density at radius 1 is 0.643 bits per heavy atom. The summed E-state index contributed by atoms with van der Waals surface area (Å²) in [5.74, 6) is 0.242. The van der Waals surface area contributed by atoms with Crippen LogP contribution in [0.15, 0.2) is 193 Å². The Morgan fingerprint density at radius 3 is 2.00 bits per heavy atom. The fraction of sp³-hybridized carbons (Fsp3) is 0.125. The van der Waals surface area contributed by atoms with E-state index in [0.29, 0.717) is 0 Å². The largest absolute Gasteiger partial charge is 0.456 e. The Balaban J connectivity index is 0.993. The van der Waals surface area contributed by atoms with Crippen molar-refractivity contribution in [3.05, 3.63) is 205 Å². The summed E-state index contributed by atoms with van der Waals surface area (Å²) in [5, 5.41) is 10.8. The van der Waals surface area contributed by atoms with E-state index in [2.05, 4.69) is 223 Å². The molecule has 0 aliphatic heterocycles. The van der Waals surface area contributed by atoms with Gasteiger partial charge in [0.2, 0.25) is 0 Å². The first kappa shape index (κ1) is 41.0. The van der Waals surface area contributed by atoms with E-state index >= 15 is 0 Å². The Labute approximate surface area is 410 Å². The number of benzene rings is 8. The van der Waals surface area contributed by atoms with Gasteiger partial charge in [-0.05, 0) is 118 Å². The molecular formula is C64H48N4OS. The summed E-state index contributed by atoms with van der Waals surface area (Å²) in [6, 6.07) is 60.2. The summed E-state index contributed by atoms with van der Waals surface area (Å²) >= 11 is 6.01. The van der Waals surface area contributed by atoms with Crippen molar-refractivity contribution in [3.63, 3.8) is 0 Å². The number of furan rings is 1. The van der Waals surface area contributed by atoms with E-state index in [0.717, 1.165) is 55.5 Å². The molecule has 0 radical (unpaired) electrons. The summed E-state index contributed by atoms with van der Waals surface area (Å²) in [4.78, 5) is 5.89. The second kappa shape index (κ2) is 15.5. The predicted octanol–water partition coefficient (Wildman–Crippen LogP) is 17.4. The van der Waals surface area contributed by atoms with Crippen molar-refractivity contribution >= 4 is 121 Å². The van der Waals surface area contributed by atoms with Gasteiger partial charge in [0, 0.05) is 84.0 Å². The van der Waals surface area contributed by atoms with Crippen LogP contribution in [0.3, 0.4) is 0 Å². The minimum Gasteiger partial charge on any atom is -0.456 e. The van der Waals surface area contributed by atoms with Crippen molar-refractivity contribution in [1.29, 1.82) is 0 Å². The maximum atomic E-state index is 6.68. The van der Waals surface area contributed by atoms with Gasteiger partial charge in [-0.25, -0.2) is 4.98 Å². The highest BCUT2D eigenvalue weighted by Crippen LogP contribution is 2.48. The van der Waals surface area contributed by atoms with Crippen LogP contribution in [0.5, 0.6) is 0 Å². The zero-order valence-corrected chi connectivity index (χ0v) is 40.3. The molecular weight excluding hydrogens is 873 g/mol. The van der Waals surface area contributed by atoms with E-state index in [1.165, 1.54) is 87.7 Å². The number of pyridine rings is 1. The summed E-state index contributed by atoms with van der Waals surface area (Å²) in [5.41, 5.74) is 17.2. The summed E-state index contributed by atoms with van der Waals surface area (Å²) in [6.45, 7) is 9.06. The number of para-hydroxylation sites is 3. The Hall–Kier alpha value is -8.06. The van der Waals surface area contributed by atoms with Gasteiger partial charge in [0.25, 0.3) is 0 Å². The molecule has 0 N–H and O–H groups in total. The minimum atomic E-state index is -0.0315. The van der Waals surface area contributed by atoms with Crippen LogP contribution in [0.1, 0.15) is 55.8 Å². The number of fused-ring (bicyclic) bond motifs is 15. The third-order valence-corrected chi connectivity index (χ3v) is 16.3. The minimum absolute atomic E-state index is 0.0315. The highest BCUT2D eigenvalue weighted by molar-refractivity contribution is 7.80. The molecule has 5 aromatic heterocycles. The predicted molar refractivity (Wildman–Crippen MR) is 298 cm³/mol. The van der Waals surface area contributed by atoms with Crippen molar-refractivity contribution < 1.29 is 4.42 Å². The van der Waals surface area contributed by atoms with Crippen LogP contribution in [-0.4, -0.2) is 23.4 Å². The van der Waals surface area contributed by atoms with E-state index in [9.17, 15) is 0 Å². The quantitative estimate of drug-likeness (QED) is 0.118. The van der Waals surface area contributed by atoms with Gasteiger partial charge in [-0.2, -0.15) is 0 Å². The van der Waals surface area contributed by atoms with Gasteiger partial charge in [0.1, 0.15) is 16.8 Å². The first-order chi connectivity index (χ1) is 34.4. The number of allylic oxidation sites excluding steroid dienone is 4. The maximum absolute atomic E-state index is 6.68. The molecule has 0 saturated heterocycles. The van der Waals surface area contributed by atoms with Crippen LogP contribution < -0.4 is 0 Å². The molecule has 3 atom stereocenters. The van der Waals surface area contributed by atoms with Crippen LogP contribution >= 0.6 is 12.2 Å². The molecule has 8 aromatic carbocycles. The summed E-state index contributed by atoms with van der Waals surface area (Å²) < 4.78 is 14.0. The molecule has 0 fully saturated rings. The lowest BCUT2D eigenvalue weighted by molar-refractivity contribution is 0.523. The second-order valence-electron chi connectivity index (χ2n) is 19.4. The molecule has 0 bridgehead atoms. The molecule has 0 saturated carbocycles. The molecule has 0 spiro atoms. The molecule has 1 aliphatic carbocycles. The zero-order chi connectivity index (χ0) is 46.9. The average molecular weight is 921 g/mol. The van der Waals surface area contributed by atoms with Gasteiger partial charge in [-0.3, -0.25) is 4.40 Å². The Morgan fingerprint density at radius 2 is 1.27 bits per heavy atom. The van der Waals surface area contributed by atoms with E-state index in [4.69, 9.17) is 21.6 Å². The highest BCUT2D eigenvalue weighted by atomic mass is 32.1. The molecule has 1 aliphatic rings. The van der Waals surface area contributed by atoms with Crippen molar-refractivity contribution in [1.82, 2.24) is 18.5 Å². The molecule has 3 unspecified atom stereocenters. The molecule has 5 nitrogen and oxygen atoms in total. The van der Waals surface area contributed by atoms with Crippen molar-refractivity contribution in [3.8, 4) is 11.1 Å². The third kappa shape index (κ3) is 5.83. The average Bonchev–Trinajstić information content (AvgIpc) is 4.20. The summed E-state index contributed by atoms with van der Waals surface area (Å²) in [7, 11) is 0. The van der Waals surface area contributed by atoms with E-state index < -0.39 is 0 Å². The number of hydrogen-bond donors (Lipinski definition) is 0. The standard InChI is InChI=1S/C64H48N4OS/c1-5-60(70)39(4)43-20-14-24-56-61(43)49-19-10-13-23-55(49)68(56)57-36-42(67-53-21-11-8-15-45(53)46-16-9-12-22-54(46)67)35-50(38(57)3)41-27-30-59-52(34-41)51-33-40(26-29-58(51)69-59)44-28-25-37(2)63-62(44)47-17-6-7-18-48(47)64-65-31-32-66(63)64/h6-36,38-39,57H,5H2,1-4H3. The number of nitrogens with zero attached hydrogens (tertiary/aromatic N) is 4. The molecule has 336 valence electrons. The van der Waals surface area contributed by atoms with Crippen LogP contribution in [0.25, 0.3) is 115 Å². The number of hydrogen-bond acceptors (Lipinski definition) is 3. The number of aryl methyl sites for hydroxylation is 1. The van der Waals surface area contributed by atoms with Gasteiger partial charge in [-0.1, -0.05) is 148 Å². The van der Waals surface area contributed by atoms with E-state index in [1.807, 2.05) is 6.20 Å². The van der Waals surface area contributed by atoms with Crippen LogP contribution in [0, 0.1) is 12.8 Å². The van der Waals surface area contributed by atoms with Gasteiger partial charge in [0.05, 0.1) is 22.6 Å². The highest BCUT2D eigenvalue weighted by Gasteiger charge is 2.32. The van der Waals surface area contributed by atoms with E-state index in [-0.39, 0.29) is 17.9 Å². The number of rotatable bonds is 7. The Bertz CT molecular complexity index is 4380. The molecule has 5 heterocycles. The lowest BCUT2D eigenvalue weighted by atomic mass is 9.82. The first-order valence-corrected chi connectivity index (χ1v) is 25.0. The third-order valence-electron chi connectivity index (χ3n) is 15.7. The normalized spacial score (nSPS) is 15.9. The molecule has 0 amide bonds. The number of aromatic nitrogens is 4. The molecule has 70 heavy (non-hydrogen) atoms. The fourth-order valence-electron chi connectivity index (χ4n) is 12.3. The van der Waals surface area contributed by atoms with Crippen molar-refractivity contribution in [2.24, 2.45) is 5.92 Å². The van der Waals surface area contributed by atoms with Gasteiger partial charge >= 0.3 is 0 Å². The lowest BCUT2D eigenvalue weighted by Gasteiger charge is -2.32. The van der Waals surface area contributed by atoms with Crippen LogP contribution in [0.4, 0.5) is 0 Å². The number of imidazole rings is 1. The van der Waals surface area contributed by atoms with Crippen LogP contribution in [-0.2, 0) is 0 Å². The van der Waals surface area contributed by atoms with Crippen LogP contribution in [0.2, 0.25) is 0 Å². The molecule has 6 heteroatoms. The number of thiocarbonyl (C=S) groups is 1. The first-order valence-electron chi connectivity index (χ1n) is 24.6. The fourth-order valence-corrected chi connectivity index (χ4v) is 12.4. The Kier molecular flexibility index (Phi) is 9.06. The molecule has 13 aromatic rings. The van der Waals surface area contributed by atoms with Gasteiger partial charge in [-0.15, -0.1) is 0 Å². The monoisotopic (exact) mass is 920 g/mol. The smallest absolute Gasteiger partial charge is 0.145 e. The second-order valence-corrected chi connectivity index (χ2v) is 19.9. The maximum Gasteiger partial charge on any atom is 0.145 e.